The van der Waals surface area contributed by atoms with E-state index in [1.165, 1.54) is 0 Å². The van der Waals surface area contributed by atoms with Crippen molar-refractivity contribution in [3.63, 3.8) is 0 Å². The average molecular weight is 326 g/mol. The molecule has 1 aliphatic heterocycles. The summed E-state index contributed by atoms with van der Waals surface area (Å²) < 4.78 is 58.1. The van der Waals surface area contributed by atoms with Crippen molar-refractivity contribution in [1.82, 2.24) is 4.31 Å². The summed E-state index contributed by atoms with van der Waals surface area (Å²) in [6, 6.07) is 2.35. The molecule has 1 fully saturated rings. The second-order valence-electron chi connectivity index (χ2n) is 4.62. The quantitative estimate of drug-likeness (QED) is 0.798. The van der Waals surface area contributed by atoms with Crippen LogP contribution in [0.4, 0.5) is 8.78 Å². The summed E-state index contributed by atoms with van der Waals surface area (Å²) in [4.78, 5) is -0.667. The first kappa shape index (κ1) is 15.6. The number of morpholine rings is 1. The van der Waals surface area contributed by atoms with E-state index in [4.69, 9.17) is 16.3 Å². The van der Waals surface area contributed by atoms with Crippen LogP contribution in [-0.4, -0.2) is 43.9 Å². The second kappa shape index (κ2) is 5.93. The standard InChI is InChI=1S/C12H14ClF2NO3S/c1-8-6-16(7-10(5-13)19-8)20(17,18)12-4-9(14)2-3-11(12)15/h2-4,8,10H,5-7H2,1H3. The third-order valence-electron chi connectivity index (χ3n) is 2.98. The van der Waals surface area contributed by atoms with Crippen LogP contribution in [0.25, 0.3) is 0 Å². The maximum Gasteiger partial charge on any atom is 0.246 e. The van der Waals surface area contributed by atoms with Gasteiger partial charge in [-0.3, -0.25) is 0 Å². The lowest BCUT2D eigenvalue weighted by molar-refractivity contribution is -0.0423. The molecular weight excluding hydrogens is 312 g/mol. The topological polar surface area (TPSA) is 46.6 Å². The monoisotopic (exact) mass is 325 g/mol. The molecule has 0 bridgehead atoms. The van der Waals surface area contributed by atoms with Gasteiger partial charge in [-0.15, -0.1) is 11.6 Å². The zero-order valence-electron chi connectivity index (χ0n) is 10.7. The molecule has 0 amide bonds. The number of ether oxygens (including phenoxy) is 1. The van der Waals surface area contributed by atoms with E-state index in [1.54, 1.807) is 6.92 Å². The Balaban J connectivity index is 2.36. The van der Waals surface area contributed by atoms with Gasteiger partial charge in [0, 0.05) is 19.0 Å². The zero-order chi connectivity index (χ0) is 14.9. The Morgan fingerprint density at radius 3 is 2.75 bits per heavy atom. The van der Waals surface area contributed by atoms with Crippen LogP contribution in [0.3, 0.4) is 0 Å². The van der Waals surface area contributed by atoms with Crippen LogP contribution in [0.5, 0.6) is 0 Å². The van der Waals surface area contributed by atoms with Gasteiger partial charge in [0.05, 0.1) is 12.2 Å². The van der Waals surface area contributed by atoms with Gasteiger partial charge in [0.25, 0.3) is 0 Å². The van der Waals surface area contributed by atoms with Crippen LogP contribution >= 0.6 is 11.6 Å². The number of sulfonamides is 1. The largest absolute Gasteiger partial charge is 0.371 e. The van der Waals surface area contributed by atoms with Crippen molar-refractivity contribution in [2.75, 3.05) is 19.0 Å². The number of halogens is 3. The summed E-state index contributed by atoms with van der Waals surface area (Å²) >= 11 is 5.68. The first-order valence-electron chi connectivity index (χ1n) is 6.01. The lowest BCUT2D eigenvalue weighted by atomic mass is 10.3. The molecule has 2 unspecified atom stereocenters. The highest BCUT2D eigenvalue weighted by atomic mass is 35.5. The van der Waals surface area contributed by atoms with E-state index in [9.17, 15) is 17.2 Å². The van der Waals surface area contributed by atoms with Gasteiger partial charge < -0.3 is 4.74 Å². The second-order valence-corrected chi connectivity index (χ2v) is 6.83. The molecule has 0 aliphatic carbocycles. The molecular formula is C12H14ClF2NO3S. The minimum absolute atomic E-state index is 0.0200. The van der Waals surface area contributed by atoms with Gasteiger partial charge in [-0.2, -0.15) is 4.31 Å². The summed E-state index contributed by atoms with van der Waals surface area (Å²) in [7, 11) is -4.11. The van der Waals surface area contributed by atoms with Gasteiger partial charge in [0.2, 0.25) is 10.0 Å². The van der Waals surface area contributed by atoms with Crippen molar-refractivity contribution >= 4 is 21.6 Å². The summed E-state index contributed by atoms with van der Waals surface area (Å²) in [6.45, 7) is 1.79. The molecule has 0 N–H and O–H groups in total. The molecule has 1 aliphatic rings. The molecule has 1 heterocycles. The van der Waals surface area contributed by atoms with Gasteiger partial charge >= 0.3 is 0 Å². The number of benzene rings is 1. The lowest BCUT2D eigenvalue weighted by Crippen LogP contribution is -2.49. The highest BCUT2D eigenvalue weighted by molar-refractivity contribution is 7.89. The van der Waals surface area contributed by atoms with Gasteiger partial charge in [-0.05, 0) is 25.1 Å². The summed E-state index contributed by atoms with van der Waals surface area (Å²) in [5.41, 5.74) is 0. The smallest absolute Gasteiger partial charge is 0.246 e. The molecule has 1 saturated heterocycles. The molecule has 1 aromatic rings. The number of hydrogen-bond donors (Lipinski definition) is 0. The molecule has 0 aromatic heterocycles. The lowest BCUT2D eigenvalue weighted by Gasteiger charge is -2.35. The van der Waals surface area contributed by atoms with Crippen LogP contribution < -0.4 is 0 Å². The van der Waals surface area contributed by atoms with E-state index in [0.717, 1.165) is 16.4 Å². The molecule has 2 rings (SSSR count). The van der Waals surface area contributed by atoms with Crippen molar-refractivity contribution < 1.29 is 21.9 Å². The maximum atomic E-state index is 13.7. The van der Waals surface area contributed by atoms with Crippen molar-refractivity contribution in [2.45, 2.75) is 24.0 Å². The Hall–Kier alpha value is -0.760. The van der Waals surface area contributed by atoms with E-state index in [2.05, 4.69) is 0 Å². The Morgan fingerprint density at radius 1 is 1.40 bits per heavy atom. The van der Waals surface area contributed by atoms with E-state index in [0.29, 0.717) is 6.07 Å². The fraction of sp³-hybridized carbons (Fsp3) is 0.500. The SMILES string of the molecule is CC1CN(S(=O)(=O)c2cc(F)ccc2F)CC(CCl)O1. The highest BCUT2D eigenvalue weighted by Gasteiger charge is 2.35. The molecule has 8 heteroatoms. The van der Waals surface area contributed by atoms with Gasteiger partial charge in [0.15, 0.2) is 0 Å². The fourth-order valence-corrected chi connectivity index (χ4v) is 3.89. The Bertz CT molecular complexity index is 596. The van der Waals surface area contributed by atoms with Crippen LogP contribution in [0.1, 0.15) is 6.92 Å². The number of hydrogen-bond acceptors (Lipinski definition) is 3. The predicted octanol–water partition coefficient (Wildman–Crippen LogP) is 1.98. The van der Waals surface area contributed by atoms with Crippen molar-refractivity contribution in [3.8, 4) is 0 Å². The van der Waals surface area contributed by atoms with Crippen LogP contribution in [0.2, 0.25) is 0 Å². The molecule has 112 valence electrons. The van der Waals surface area contributed by atoms with Crippen LogP contribution in [0, 0.1) is 11.6 Å². The van der Waals surface area contributed by atoms with Crippen molar-refractivity contribution in [1.29, 1.82) is 0 Å². The molecule has 0 saturated carbocycles. The van der Waals surface area contributed by atoms with Crippen LogP contribution in [0.15, 0.2) is 23.1 Å². The zero-order valence-corrected chi connectivity index (χ0v) is 12.3. The van der Waals surface area contributed by atoms with Crippen molar-refractivity contribution in [2.24, 2.45) is 0 Å². The van der Waals surface area contributed by atoms with Gasteiger partial charge in [-0.1, -0.05) is 0 Å². The molecule has 0 radical (unpaired) electrons. The number of nitrogens with zero attached hydrogens (tertiary/aromatic N) is 1. The van der Waals surface area contributed by atoms with Crippen LogP contribution in [-0.2, 0) is 14.8 Å². The van der Waals surface area contributed by atoms with E-state index >= 15 is 0 Å². The third kappa shape index (κ3) is 3.11. The van der Waals surface area contributed by atoms with Gasteiger partial charge in [-0.25, -0.2) is 17.2 Å². The van der Waals surface area contributed by atoms with E-state index in [1.807, 2.05) is 0 Å². The fourth-order valence-electron chi connectivity index (χ4n) is 2.10. The minimum atomic E-state index is -4.11. The minimum Gasteiger partial charge on any atom is -0.371 e. The van der Waals surface area contributed by atoms with E-state index in [-0.39, 0.29) is 25.1 Å². The molecule has 0 spiro atoms. The maximum absolute atomic E-state index is 13.7. The van der Waals surface area contributed by atoms with E-state index < -0.39 is 32.7 Å². The summed E-state index contributed by atoms with van der Waals surface area (Å²) in [6.07, 6.45) is -0.828. The first-order valence-corrected chi connectivity index (χ1v) is 7.98. The van der Waals surface area contributed by atoms with Crippen molar-refractivity contribution in [3.05, 3.63) is 29.8 Å². The Labute approximate surface area is 121 Å². The normalized spacial score (nSPS) is 24.8. The molecule has 2 atom stereocenters. The summed E-state index contributed by atoms with van der Waals surface area (Å²) in [5.74, 6) is -1.66. The predicted molar refractivity (Wildman–Crippen MR) is 70.2 cm³/mol. The summed E-state index contributed by atoms with van der Waals surface area (Å²) in [5, 5.41) is 0. The Morgan fingerprint density at radius 2 is 2.10 bits per heavy atom. The number of alkyl halides is 1. The first-order chi connectivity index (χ1) is 9.34. The van der Waals surface area contributed by atoms with Gasteiger partial charge in [0.1, 0.15) is 16.5 Å². The third-order valence-corrected chi connectivity index (χ3v) is 5.17. The molecule has 4 nitrogen and oxygen atoms in total. The molecule has 20 heavy (non-hydrogen) atoms. The molecule has 1 aromatic carbocycles. The number of rotatable bonds is 3. The average Bonchev–Trinajstić information content (AvgIpc) is 2.40. The highest BCUT2D eigenvalue weighted by Crippen LogP contribution is 2.24. The Kier molecular flexibility index (Phi) is 4.63.